The summed E-state index contributed by atoms with van der Waals surface area (Å²) in [6.07, 6.45) is 3.74. The molecule has 1 fully saturated rings. The van der Waals surface area contributed by atoms with Crippen LogP contribution in [0.2, 0.25) is 5.02 Å². The highest BCUT2D eigenvalue weighted by Gasteiger charge is 2.48. The van der Waals surface area contributed by atoms with Gasteiger partial charge in [-0.2, -0.15) is 0 Å². The number of aliphatic hydroxyl groups excluding tert-OH is 1. The van der Waals surface area contributed by atoms with Crippen molar-refractivity contribution >= 4 is 55.7 Å². The van der Waals surface area contributed by atoms with E-state index in [1.807, 2.05) is 19.9 Å². The number of nitrogens with zero attached hydrogens (tertiary/aromatic N) is 2. The van der Waals surface area contributed by atoms with E-state index in [-0.39, 0.29) is 17.4 Å². The number of thiazole rings is 1. The number of Topliss-reactive ketones (excluding diaryl/α,β-unsaturated/α-hetero) is 1. The summed E-state index contributed by atoms with van der Waals surface area (Å²) >= 11 is 7.48. The van der Waals surface area contributed by atoms with Gasteiger partial charge in [-0.05, 0) is 79.9 Å². The first-order valence-electron chi connectivity index (χ1n) is 14.9. The van der Waals surface area contributed by atoms with E-state index in [4.69, 9.17) is 25.8 Å². The number of rotatable bonds is 10. The lowest BCUT2D eigenvalue weighted by atomic mass is 9.94. The van der Waals surface area contributed by atoms with Crippen molar-refractivity contribution in [3.63, 3.8) is 0 Å². The molecule has 2 aliphatic rings. The van der Waals surface area contributed by atoms with Crippen LogP contribution < -0.4 is 19.1 Å². The number of halogens is 1. The van der Waals surface area contributed by atoms with E-state index in [9.17, 15) is 14.7 Å². The number of hydrogen-bond acceptors (Lipinski definition) is 8. The lowest BCUT2D eigenvalue weighted by Crippen LogP contribution is -2.29. The topological polar surface area (TPSA) is 98.2 Å². The Balaban J connectivity index is 1.49. The number of benzene rings is 3. The number of fused-ring (bicyclic) bond motifs is 2. The average Bonchev–Trinajstić information content (AvgIpc) is 3.67. The van der Waals surface area contributed by atoms with Crippen LogP contribution >= 0.6 is 22.9 Å². The molecule has 2 aliphatic heterocycles. The summed E-state index contributed by atoms with van der Waals surface area (Å²) < 4.78 is 18.6. The second-order valence-corrected chi connectivity index (χ2v) is 12.4. The van der Waals surface area contributed by atoms with Crippen molar-refractivity contribution in [2.24, 2.45) is 0 Å². The zero-order valence-electron chi connectivity index (χ0n) is 24.8. The highest BCUT2D eigenvalue weighted by molar-refractivity contribution is 7.22. The molecule has 10 heteroatoms. The molecule has 0 saturated carbocycles. The first-order valence-corrected chi connectivity index (χ1v) is 16.0. The zero-order valence-corrected chi connectivity index (χ0v) is 26.3. The number of carbonyl (C=O) groups is 2. The van der Waals surface area contributed by atoms with E-state index in [0.29, 0.717) is 57.9 Å². The molecular weight excluding hydrogens is 600 g/mol. The average molecular weight is 633 g/mol. The normalized spacial score (nSPS) is 19.0. The number of ether oxygens (including phenoxy) is 3. The molecule has 0 spiro atoms. The van der Waals surface area contributed by atoms with Crippen molar-refractivity contribution in [1.29, 1.82) is 0 Å². The second-order valence-electron chi connectivity index (χ2n) is 10.9. The fourth-order valence-corrected chi connectivity index (χ4v) is 6.94. The predicted octanol–water partition coefficient (Wildman–Crippen LogP) is 7.87. The second kappa shape index (κ2) is 12.5. The van der Waals surface area contributed by atoms with Crippen LogP contribution in [0.1, 0.15) is 62.8 Å². The molecule has 1 aromatic heterocycles. The van der Waals surface area contributed by atoms with Gasteiger partial charge >= 0.3 is 5.91 Å². The van der Waals surface area contributed by atoms with E-state index in [1.165, 1.54) is 16.2 Å². The van der Waals surface area contributed by atoms with Gasteiger partial charge < -0.3 is 19.3 Å². The number of hydrogen-bond donors (Lipinski definition) is 1. The molecule has 0 bridgehead atoms. The standard InChI is InChI=1S/C34H33ClN2O6S/c1-4-6-7-14-42-26-13-8-20(17-27(26)41-5-2)30-29(31(38)21-9-12-25-22(16-21)15-19(3)43-25)32(39)33(40)37(30)34-36-24-11-10-23(35)18-28(24)44-34/h8-13,16-19,30,38H,4-7,14-15H2,1-3H3/b31-29+/t19-,30+/m1/s1. The maximum absolute atomic E-state index is 13.8. The number of ketones is 1. The van der Waals surface area contributed by atoms with Gasteiger partial charge in [-0.25, -0.2) is 4.98 Å². The number of amides is 1. The third-order valence-electron chi connectivity index (χ3n) is 7.75. The molecule has 0 aliphatic carbocycles. The Hall–Kier alpha value is -4.08. The quantitative estimate of drug-likeness (QED) is 0.0822. The Labute approximate surface area is 264 Å². The zero-order chi connectivity index (χ0) is 31.0. The van der Waals surface area contributed by atoms with Crippen LogP contribution in [0.4, 0.5) is 5.13 Å². The van der Waals surface area contributed by atoms with Gasteiger partial charge in [0, 0.05) is 17.0 Å². The molecule has 4 aromatic rings. The molecule has 1 N–H and O–H groups in total. The summed E-state index contributed by atoms with van der Waals surface area (Å²) in [5, 5.41) is 12.6. The Morgan fingerprint density at radius 3 is 2.70 bits per heavy atom. The largest absolute Gasteiger partial charge is 0.507 e. The first kappa shape index (κ1) is 30.0. The summed E-state index contributed by atoms with van der Waals surface area (Å²) in [6, 6.07) is 15.0. The Morgan fingerprint density at radius 1 is 1.07 bits per heavy atom. The van der Waals surface area contributed by atoms with Crippen LogP contribution in [0.5, 0.6) is 17.2 Å². The van der Waals surface area contributed by atoms with Gasteiger partial charge in [-0.3, -0.25) is 14.5 Å². The van der Waals surface area contributed by atoms with Gasteiger partial charge in [0.05, 0.1) is 35.0 Å². The van der Waals surface area contributed by atoms with Gasteiger partial charge in [0.1, 0.15) is 17.6 Å². The van der Waals surface area contributed by atoms with Crippen LogP contribution in [0.25, 0.3) is 16.0 Å². The summed E-state index contributed by atoms with van der Waals surface area (Å²) in [6.45, 7) is 6.92. The smallest absolute Gasteiger partial charge is 0.301 e. The maximum Gasteiger partial charge on any atom is 0.301 e. The molecule has 1 saturated heterocycles. The fourth-order valence-electron chi connectivity index (χ4n) is 5.68. The molecule has 0 radical (unpaired) electrons. The van der Waals surface area contributed by atoms with E-state index in [0.717, 1.165) is 35.3 Å². The van der Waals surface area contributed by atoms with E-state index in [2.05, 4.69) is 11.9 Å². The molecule has 6 rings (SSSR count). The highest BCUT2D eigenvalue weighted by Crippen LogP contribution is 2.46. The Kier molecular flexibility index (Phi) is 8.51. The summed E-state index contributed by atoms with van der Waals surface area (Å²) in [5.74, 6) is -0.0291. The minimum absolute atomic E-state index is 0.0141. The van der Waals surface area contributed by atoms with Crippen LogP contribution in [-0.4, -0.2) is 41.1 Å². The molecule has 1 amide bonds. The number of aliphatic hydroxyl groups is 1. The number of aromatic nitrogens is 1. The van der Waals surface area contributed by atoms with Crippen LogP contribution in [0, 0.1) is 0 Å². The van der Waals surface area contributed by atoms with Crippen molar-refractivity contribution in [3.8, 4) is 17.2 Å². The van der Waals surface area contributed by atoms with Crippen molar-refractivity contribution in [3.05, 3.63) is 81.9 Å². The van der Waals surface area contributed by atoms with Crippen LogP contribution in [0.3, 0.4) is 0 Å². The SMILES string of the molecule is CCCCCOc1ccc([C@H]2/C(=C(\O)c3ccc4c(c3)C[C@@H](C)O4)C(=O)C(=O)N2c2nc3ccc(Cl)cc3s2)cc1OCC. The van der Waals surface area contributed by atoms with Gasteiger partial charge in [0.25, 0.3) is 5.78 Å². The summed E-state index contributed by atoms with van der Waals surface area (Å²) in [5.41, 5.74) is 2.55. The van der Waals surface area contributed by atoms with E-state index in [1.54, 1.807) is 48.5 Å². The third kappa shape index (κ3) is 5.62. The van der Waals surface area contributed by atoms with Crippen molar-refractivity contribution < 1.29 is 28.9 Å². The Bertz CT molecular complexity index is 1780. The number of unbranched alkanes of at least 4 members (excludes halogenated alkanes) is 2. The maximum atomic E-state index is 13.8. The molecular formula is C34H33ClN2O6S. The van der Waals surface area contributed by atoms with Gasteiger partial charge in [0.15, 0.2) is 16.6 Å². The van der Waals surface area contributed by atoms with Crippen LogP contribution in [-0.2, 0) is 16.0 Å². The van der Waals surface area contributed by atoms with E-state index < -0.39 is 17.7 Å². The summed E-state index contributed by atoms with van der Waals surface area (Å²) in [7, 11) is 0. The van der Waals surface area contributed by atoms with E-state index >= 15 is 0 Å². The lowest BCUT2D eigenvalue weighted by Gasteiger charge is -2.24. The van der Waals surface area contributed by atoms with Crippen molar-refractivity contribution in [2.75, 3.05) is 18.1 Å². The lowest BCUT2D eigenvalue weighted by molar-refractivity contribution is -0.132. The van der Waals surface area contributed by atoms with Crippen molar-refractivity contribution in [1.82, 2.24) is 4.98 Å². The minimum atomic E-state index is -0.970. The molecule has 3 aromatic carbocycles. The number of carbonyl (C=O) groups excluding carboxylic acids is 2. The first-order chi connectivity index (χ1) is 21.3. The fraction of sp³-hybridized carbons (Fsp3) is 0.324. The van der Waals surface area contributed by atoms with Gasteiger partial charge in [-0.1, -0.05) is 48.8 Å². The molecule has 3 heterocycles. The monoisotopic (exact) mass is 632 g/mol. The minimum Gasteiger partial charge on any atom is -0.507 e. The molecule has 44 heavy (non-hydrogen) atoms. The highest BCUT2D eigenvalue weighted by atomic mass is 35.5. The predicted molar refractivity (Wildman–Crippen MR) is 172 cm³/mol. The van der Waals surface area contributed by atoms with Crippen molar-refractivity contribution in [2.45, 2.75) is 58.6 Å². The molecule has 0 unspecified atom stereocenters. The molecule has 8 nitrogen and oxygen atoms in total. The van der Waals surface area contributed by atoms with Crippen LogP contribution in [0.15, 0.2) is 60.2 Å². The van der Waals surface area contributed by atoms with Gasteiger partial charge in [-0.15, -0.1) is 0 Å². The Morgan fingerprint density at radius 2 is 1.91 bits per heavy atom. The van der Waals surface area contributed by atoms with Gasteiger partial charge in [0.2, 0.25) is 0 Å². The summed E-state index contributed by atoms with van der Waals surface area (Å²) in [4.78, 5) is 33.6. The molecule has 228 valence electrons. The number of anilines is 1. The molecule has 2 atom stereocenters. The third-order valence-corrected chi connectivity index (χ3v) is 9.00.